The highest BCUT2D eigenvalue weighted by molar-refractivity contribution is 7.89. The molecule has 0 unspecified atom stereocenters. The molecular formula is C12H21N3O2S. The smallest absolute Gasteiger partial charge is 0.260 e. The van der Waals surface area contributed by atoms with Gasteiger partial charge in [0.05, 0.1) is 6.20 Å². The lowest BCUT2D eigenvalue weighted by molar-refractivity contribution is 0.372. The number of nitrogens with zero attached hydrogens (tertiary/aromatic N) is 2. The second-order valence-electron chi connectivity index (χ2n) is 5.36. The van der Waals surface area contributed by atoms with Gasteiger partial charge < -0.3 is 4.98 Å². The predicted molar refractivity (Wildman–Crippen MR) is 69.7 cm³/mol. The fourth-order valence-corrected chi connectivity index (χ4v) is 3.57. The summed E-state index contributed by atoms with van der Waals surface area (Å²) in [6.45, 7) is 6.58. The number of nitrogens with one attached hydrogen (secondary N) is 1. The van der Waals surface area contributed by atoms with Crippen LogP contribution in [-0.4, -0.2) is 35.3 Å². The van der Waals surface area contributed by atoms with Crippen LogP contribution in [0.4, 0.5) is 0 Å². The Morgan fingerprint density at radius 2 is 2.17 bits per heavy atom. The van der Waals surface area contributed by atoms with Gasteiger partial charge in [-0.3, -0.25) is 0 Å². The monoisotopic (exact) mass is 271 g/mol. The number of hydrogen-bond donors (Lipinski definition) is 1. The summed E-state index contributed by atoms with van der Waals surface area (Å²) < 4.78 is 26.6. The van der Waals surface area contributed by atoms with Crippen LogP contribution in [-0.2, 0) is 10.0 Å². The Labute approximate surface area is 109 Å². The molecule has 1 heterocycles. The average molecular weight is 271 g/mol. The molecule has 0 aromatic carbocycles. The zero-order valence-electron chi connectivity index (χ0n) is 11.2. The molecule has 1 aliphatic rings. The molecule has 0 amide bonds. The summed E-state index contributed by atoms with van der Waals surface area (Å²) in [5, 5.41) is 0.218. The summed E-state index contributed by atoms with van der Waals surface area (Å²) in [4.78, 5) is 6.81. The molecule has 0 saturated heterocycles. The summed E-state index contributed by atoms with van der Waals surface area (Å²) in [6.07, 6.45) is 4.26. The fourth-order valence-electron chi connectivity index (χ4n) is 1.90. The molecule has 1 fully saturated rings. The van der Waals surface area contributed by atoms with E-state index in [1.54, 1.807) is 11.2 Å². The quantitative estimate of drug-likeness (QED) is 0.859. The fraction of sp³-hybridized carbons (Fsp3) is 0.750. The van der Waals surface area contributed by atoms with Gasteiger partial charge in [-0.2, -0.15) is 4.31 Å². The SMILES string of the molecule is Cc1ncc(S(=O)(=O)N(CCC(C)C)C2CC2)[nH]1. The van der Waals surface area contributed by atoms with Gasteiger partial charge >= 0.3 is 0 Å². The number of rotatable bonds is 6. The molecule has 0 atom stereocenters. The van der Waals surface area contributed by atoms with Gasteiger partial charge in [0.25, 0.3) is 10.0 Å². The summed E-state index contributed by atoms with van der Waals surface area (Å²) in [5.74, 6) is 1.14. The van der Waals surface area contributed by atoms with E-state index in [9.17, 15) is 8.42 Å². The first-order valence-electron chi connectivity index (χ1n) is 6.44. The second-order valence-corrected chi connectivity index (χ2v) is 7.22. The topological polar surface area (TPSA) is 66.1 Å². The van der Waals surface area contributed by atoms with Crippen molar-refractivity contribution in [2.45, 2.75) is 51.1 Å². The Bertz CT molecular complexity index is 503. The second kappa shape index (κ2) is 5.01. The van der Waals surface area contributed by atoms with Crippen molar-refractivity contribution in [2.75, 3.05) is 6.54 Å². The number of hydrogen-bond acceptors (Lipinski definition) is 3. The molecule has 1 aromatic heterocycles. The number of aromatic nitrogens is 2. The summed E-state index contributed by atoms with van der Waals surface area (Å²) in [6, 6.07) is 0.192. The molecule has 6 heteroatoms. The number of sulfonamides is 1. The lowest BCUT2D eigenvalue weighted by atomic mass is 10.1. The van der Waals surface area contributed by atoms with E-state index in [0.717, 1.165) is 19.3 Å². The Morgan fingerprint density at radius 3 is 2.61 bits per heavy atom. The van der Waals surface area contributed by atoms with Crippen LogP contribution in [0.3, 0.4) is 0 Å². The Kier molecular flexibility index (Phi) is 3.77. The molecule has 1 aliphatic carbocycles. The Morgan fingerprint density at radius 1 is 1.50 bits per heavy atom. The van der Waals surface area contributed by atoms with Crippen LogP contribution in [0.25, 0.3) is 0 Å². The van der Waals surface area contributed by atoms with E-state index in [4.69, 9.17) is 0 Å². The molecule has 1 saturated carbocycles. The number of H-pyrrole nitrogens is 1. The van der Waals surface area contributed by atoms with Gasteiger partial charge in [0.2, 0.25) is 0 Å². The van der Waals surface area contributed by atoms with E-state index < -0.39 is 10.0 Å². The van der Waals surface area contributed by atoms with E-state index in [0.29, 0.717) is 18.3 Å². The van der Waals surface area contributed by atoms with Crippen molar-refractivity contribution in [1.82, 2.24) is 14.3 Å². The van der Waals surface area contributed by atoms with Crippen LogP contribution >= 0.6 is 0 Å². The zero-order valence-corrected chi connectivity index (χ0v) is 12.0. The lowest BCUT2D eigenvalue weighted by Crippen LogP contribution is -2.34. The highest BCUT2D eigenvalue weighted by Gasteiger charge is 2.38. The van der Waals surface area contributed by atoms with Crippen LogP contribution in [0.2, 0.25) is 0 Å². The van der Waals surface area contributed by atoms with Crippen molar-refractivity contribution in [1.29, 1.82) is 0 Å². The van der Waals surface area contributed by atoms with E-state index in [1.807, 2.05) is 0 Å². The van der Waals surface area contributed by atoms with Crippen molar-refractivity contribution in [3.63, 3.8) is 0 Å². The van der Waals surface area contributed by atoms with E-state index in [2.05, 4.69) is 23.8 Å². The van der Waals surface area contributed by atoms with E-state index in [-0.39, 0.29) is 11.1 Å². The summed E-state index contributed by atoms with van der Waals surface area (Å²) in [7, 11) is -3.40. The molecule has 0 radical (unpaired) electrons. The van der Waals surface area contributed by atoms with Gasteiger partial charge in [-0.05, 0) is 32.1 Å². The average Bonchev–Trinajstić information content (AvgIpc) is 2.99. The minimum absolute atomic E-state index is 0.192. The Hall–Kier alpha value is -0.880. The molecule has 5 nitrogen and oxygen atoms in total. The highest BCUT2D eigenvalue weighted by atomic mass is 32.2. The number of aryl methyl sites for hydroxylation is 1. The van der Waals surface area contributed by atoms with Gasteiger partial charge in [0.1, 0.15) is 5.82 Å². The van der Waals surface area contributed by atoms with E-state index >= 15 is 0 Å². The molecule has 0 bridgehead atoms. The van der Waals surface area contributed by atoms with Gasteiger partial charge in [-0.15, -0.1) is 0 Å². The largest absolute Gasteiger partial charge is 0.332 e. The van der Waals surface area contributed by atoms with Crippen molar-refractivity contribution in [3.8, 4) is 0 Å². The third kappa shape index (κ3) is 2.92. The lowest BCUT2D eigenvalue weighted by Gasteiger charge is -2.21. The molecule has 2 rings (SSSR count). The van der Waals surface area contributed by atoms with E-state index in [1.165, 1.54) is 6.20 Å². The Balaban J connectivity index is 2.19. The molecule has 1 N–H and O–H groups in total. The minimum atomic E-state index is -3.40. The molecular weight excluding hydrogens is 250 g/mol. The van der Waals surface area contributed by atoms with Crippen LogP contribution < -0.4 is 0 Å². The standard InChI is InChI=1S/C12H21N3O2S/c1-9(2)6-7-15(11-4-5-11)18(16,17)12-8-13-10(3)14-12/h8-9,11H,4-7H2,1-3H3,(H,13,14). The van der Waals surface area contributed by atoms with Gasteiger partial charge in [-0.1, -0.05) is 13.8 Å². The first kappa shape index (κ1) is 13.5. The molecule has 18 heavy (non-hydrogen) atoms. The van der Waals surface area contributed by atoms with Crippen LogP contribution in [0.15, 0.2) is 11.2 Å². The predicted octanol–water partition coefficient (Wildman–Crippen LogP) is 1.92. The van der Waals surface area contributed by atoms with Gasteiger partial charge in [0.15, 0.2) is 5.03 Å². The highest BCUT2D eigenvalue weighted by Crippen LogP contribution is 2.32. The van der Waals surface area contributed by atoms with Gasteiger partial charge in [0, 0.05) is 12.6 Å². The van der Waals surface area contributed by atoms with Crippen molar-refractivity contribution < 1.29 is 8.42 Å². The third-order valence-corrected chi connectivity index (χ3v) is 5.01. The maximum Gasteiger partial charge on any atom is 0.260 e. The zero-order chi connectivity index (χ0) is 13.3. The van der Waals surface area contributed by atoms with Crippen molar-refractivity contribution >= 4 is 10.0 Å². The van der Waals surface area contributed by atoms with Crippen LogP contribution in [0, 0.1) is 12.8 Å². The number of imidazole rings is 1. The number of aromatic amines is 1. The molecule has 102 valence electrons. The normalized spacial score (nSPS) is 16.7. The van der Waals surface area contributed by atoms with Gasteiger partial charge in [-0.25, -0.2) is 13.4 Å². The molecule has 0 spiro atoms. The molecule has 1 aromatic rings. The summed E-state index contributed by atoms with van der Waals surface area (Å²) >= 11 is 0. The maximum absolute atomic E-state index is 12.5. The third-order valence-electron chi connectivity index (χ3n) is 3.15. The van der Waals surface area contributed by atoms with Crippen LogP contribution in [0.5, 0.6) is 0 Å². The first-order valence-corrected chi connectivity index (χ1v) is 7.88. The maximum atomic E-state index is 12.5. The van der Waals surface area contributed by atoms with Crippen molar-refractivity contribution in [2.24, 2.45) is 5.92 Å². The summed E-state index contributed by atoms with van der Waals surface area (Å²) in [5.41, 5.74) is 0. The van der Waals surface area contributed by atoms with Crippen LogP contribution in [0.1, 0.15) is 38.9 Å². The minimum Gasteiger partial charge on any atom is -0.332 e. The molecule has 0 aliphatic heterocycles. The van der Waals surface area contributed by atoms with Crippen molar-refractivity contribution in [3.05, 3.63) is 12.0 Å². The first-order chi connectivity index (χ1) is 8.41.